The molecule has 0 bridgehead atoms. The SMILES string of the molecule is C=CC(=O)OC(CCCCCCCCC)(C(=O)O)C(=O)O. The van der Waals surface area contributed by atoms with Gasteiger partial charge in [0.25, 0.3) is 0 Å². The van der Waals surface area contributed by atoms with Crippen LogP contribution in [0.25, 0.3) is 0 Å². The van der Waals surface area contributed by atoms with Crippen molar-refractivity contribution in [3.05, 3.63) is 12.7 Å². The predicted molar refractivity (Wildman–Crippen MR) is 76.9 cm³/mol. The predicted octanol–water partition coefficient (Wildman–Crippen LogP) is 2.76. The minimum absolute atomic E-state index is 0.245. The van der Waals surface area contributed by atoms with Crippen LogP contribution in [0.3, 0.4) is 0 Å². The summed E-state index contributed by atoms with van der Waals surface area (Å²) >= 11 is 0. The summed E-state index contributed by atoms with van der Waals surface area (Å²) in [4.78, 5) is 33.6. The van der Waals surface area contributed by atoms with E-state index in [1.165, 1.54) is 0 Å². The second-order valence-electron chi connectivity index (χ2n) is 4.93. The van der Waals surface area contributed by atoms with Gasteiger partial charge in [0.1, 0.15) is 0 Å². The Morgan fingerprint density at radius 3 is 1.90 bits per heavy atom. The van der Waals surface area contributed by atoms with Crippen molar-refractivity contribution in [2.75, 3.05) is 0 Å². The molecule has 6 heteroatoms. The number of hydrogen-bond donors (Lipinski definition) is 2. The molecule has 0 heterocycles. The van der Waals surface area contributed by atoms with Gasteiger partial charge in [0.2, 0.25) is 0 Å². The van der Waals surface area contributed by atoms with Crippen LogP contribution >= 0.6 is 0 Å². The summed E-state index contributed by atoms with van der Waals surface area (Å²) in [5, 5.41) is 18.2. The van der Waals surface area contributed by atoms with Gasteiger partial charge in [-0.15, -0.1) is 0 Å². The summed E-state index contributed by atoms with van der Waals surface area (Å²) in [6.45, 7) is 5.25. The van der Waals surface area contributed by atoms with Crippen LogP contribution in [0.15, 0.2) is 12.7 Å². The van der Waals surface area contributed by atoms with Gasteiger partial charge in [-0.3, -0.25) is 0 Å². The van der Waals surface area contributed by atoms with Gasteiger partial charge in [0, 0.05) is 12.5 Å². The fourth-order valence-electron chi connectivity index (χ4n) is 1.99. The third kappa shape index (κ3) is 6.42. The molecule has 0 aliphatic carbocycles. The zero-order valence-corrected chi connectivity index (χ0v) is 12.5. The van der Waals surface area contributed by atoms with Crippen LogP contribution in [0.4, 0.5) is 0 Å². The highest BCUT2D eigenvalue weighted by atomic mass is 16.6. The number of aliphatic carboxylic acids is 2. The zero-order chi connectivity index (χ0) is 16.3. The monoisotopic (exact) mass is 300 g/mol. The van der Waals surface area contributed by atoms with Crippen molar-refractivity contribution in [2.24, 2.45) is 0 Å². The smallest absolute Gasteiger partial charge is 0.360 e. The van der Waals surface area contributed by atoms with Crippen LogP contribution in [-0.4, -0.2) is 33.7 Å². The Morgan fingerprint density at radius 1 is 1.00 bits per heavy atom. The number of carbonyl (C=O) groups is 3. The first-order chi connectivity index (χ1) is 9.90. The van der Waals surface area contributed by atoms with Gasteiger partial charge in [-0.25, -0.2) is 14.4 Å². The molecule has 0 aromatic rings. The van der Waals surface area contributed by atoms with Crippen molar-refractivity contribution in [2.45, 2.75) is 63.9 Å². The Hall–Kier alpha value is -1.85. The first-order valence-corrected chi connectivity index (χ1v) is 7.23. The number of ether oxygens (including phenoxy) is 1. The topological polar surface area (TPSA) is 101 Å². The highest BCUT2D eigenvalue weighted by molar-refractivity contribution is 6.04. The lowest BCUT2D eigenvalue weighted by molar-refractivity contribution is -0.189. The van der Waals surface area contributed by atoms with Crippen LogP contribution in [0.2, 0.25) is 0 Å². The van der Waals surface area contributed by atoms with Crippen LogP contribution < -0.4 is 0 Å². The molecule has 0 amide bonds. The lowest BCUT2D eigenvalue weighted by atomic mass is 9.95. The van der Waals surface area contributed by atoms with E-state index in [9.17, 15) is 14.4 Å². The average molecular weight is 300 g/mol. The average Bonchev–Trinajstić information content (AvgIpc) is 2.44. The molecular weight excluding hydrogens is 276 g/mol. The van der Waals surface area contributed by atoms with Crippen LogP contribution in [0, 0.1) is 0 Å². The summed E-state index contributed by atoms with van der Waals surface area (Å²) in [6, 6.07) is 0. The van der Waals surface area contributed by atoms with Crippen molar-refractivity contribution in [3.8, 4) is 0 Å². The summed E-state index contributed by atoms with van der Waals surface area (Å²) in [6.07, 6.45) is 6.94. The van der Waals surface area contributed by atoms with E-state index < -0.39 is 23.5 Å². The molecule has 0 unspecified atom stereocenters. The van der Waals surface area contributed by atoms with Gasteiger partial charge in [-0.05, 0) is 6.42 Å². The summed E-state index contributed by atoms with van der Waals surface area (Å²) in [5.41, 5.74) is -2.52. The Labute approximate surface area is 124 Å². The molecule has 0 aromatic heterocycles. The van der Waals surface area contributed by atoms with Crippen molar-refractivity contribution in [3.63, 3.8) is 0 Å². The molecule has 0 saturated carbocycles. The molecule has 21 heavy (non-hydrogen) atoms. The molecule has 2 N–H and O–H groups in total. The Bertz CT molecular complexity index is 360. The molecule has 0 atom stereocenters. The van der Waals surface area contributed by atoms with Gasteiger partial charge in [0.15, 0.2) is 0 Å². The minimum Gasteiger partial charge on any atom is -0.478 e. The number of rotatable bonds is 12. The number of carboxylic acids is 2. The lowest BCUT2D eigenvalue weighted by Crippen LogP contribution is -2.50. The van der Waals surface area contributed by atoms with E-state index in [2.05, 4.69) is 18.2 Å². The fraction of sp³-hybridized carbons (Fsp3) is 0.667. The van der Waals surface area contributed by atoms with Crippen LogP contribution in [0.5, 0.6) is 0 Å². The molecule has 0 fully saturated rings. The highest BCUT2D eigenvalue weighted by Gasteiger charge is 2.50. The lowest BCUT2D eigenvalue weighted by Gasteiger charge is -2.24. The summed E-state index contributed by atoms with van der Waals surface area (Å²) in [5.74, 6) is -4.39. The van der Waals surface area contributed by atoms with Crippen molar-refractivity contribution in [1.29, 1.82) is 0 Å². The van der Waals surface area contributed by atoms with Crippen molar-refractivity contribution < 1.29 is 29.3 Å². The number of carbonyl (C=O) groups excluding carboxylic acids is 1. The van der Waals surface area contributed by atoms with Gasteiger partial charge >= 0.3 is 23.5 Å². The Balaban J connectivity index is 4.48. The van der Waals surface area contributed by atoms with Gasteiger partial charge in [-0.2, -0.15) is 0 Å². The largest absolute Gasteiger partial charge is 0.478 e. The molecule has 6 nitrogen and oxygen atoms in total. The van der Waals surface area contributed by atoms with E-state index in [1.54, 1.807) is 0 Å². The van der Waals surface area contributed by atoms with Gasteiger partial charge < -0.3 is 14.9 Å². The number of unbranched alkanes of at least 4 members (excludes halogenated alkanes) is 6. The van der Waals surface area contributed by atoms with Gasteiger partial charge in [-0.1, -0.05) is 52.0 Å². The maximum atomic E-state index is 11.2. The second kappa shape index (κ2) is 9.96. The molecule has 0 aromatic carbocycles. The van der Waals surface area contributed by atoms with Crippen molar-refractivity contribution >= 4 is 17.9 Å². The Kier molecular flexibility index (Phi) is 9.08. The molecule has 0 saturated heterocycles. The molecule has 0 spiro atoms. The quantitative estimate of drug-likeness (QED) is 0.249. The Morgan fingerprint density at radius 2 is 1.48 bits per heavy atom. The van der Waals surface area contributed by atoms with E-state index >= 15 is 0 Å². The second-order valence-corrected chi connectivity index (χ2v) is 4.93. The molecule has 0 radical (unpaired) electrons. The fourth-order valence-corrected chi connectivity index (χ4v) is 1.99. The zero-order valence-electron chi connectivity index (χ0n) is 12.5. The highest BCUT2D eigenvalue weighted by Crippen LogP contribution is 2.22. The van der Waals surface area contributed by atoms with E-state index in [-0.39, 0.29) is 6.42 Å². The molecule has 0 aliphatic heterocycles. The third-order valence-electron chi connectivity index (χ3n) is 3.26. The van der Waals surface area contributed by atoms with E-state index in [0.29, 0.717) is 12.8 Å². The minimum atomic E-state index is -2.52. The molecule has 120 valence electrons. The standard InChI is InChI=1S/C15H24O6/c1-3-5-6-7-8-9-10-11-15(13(17)18,14(19)20)21-12(16)4-2/h4H,2-3,5-11H2,1H3,(H,17,18)(H,19,20). The summed E-state index contributed by atoms with van der Waals surface area (Å²) < 4.78 is 4.60. The molecular formula is C15H24O6. The van der Waals surface area contributed by atoms with Gasteiger partial charge in [0.05, 0.1) is 0 Å². The number of hydrogen-bond acceptors (Lipinski definition) is 4. The number of esters is 1. The number of carboxylic acid groups (broad SMARTS) is 2. The maximum absolute atomic E-state index is 11.2. The van der Waals surface area contributed by atoms with Crippen LogP contribution in [-0.2, 0) is 19.1 Å². The van der Waals surface area contributed by atoms with E-state index in [1.807, 2.05) is 0 Å². The first kappa shape index (κ1) is 19.1. The van der Waals surface area contributed by atoms with Crippen molar-refractivity contribution in [1.82, 2.24) is 0 Å². The van der Waals surface area contributed by atoms with E-state index in [0.717, 1.165) is 38.2 Å². The first-order valence-electron chi connectivity index (χ1n) is 7.23. The summed E-state index contributed by atoms with van der Waals surface area (Å²) in [7, 11) is 0. The third-order valence-corrected chi connectivity index (χ3v) is 3.26. The molecule has 0 rings (SSSR count). The van der Waals surface area contributed by atoms with Crippen LogP contribution in [0.1, 0.15) is 58.3 Å². The molecule has 0 aliphatic rings. The normalized spacial score (nSPS) is 10.9. The maximum Gasteiger partial charge on any atom is 0.360 e. The van der Waals surface area contributed by atoms with E-state index in [4.69, 9.17) is 10.2 Å².